The molecule has 21 heavy (non-hydrogen) atoms. The van der Waals surface area contributed by atoms with Gasteiger partial charge in [-0.1, -0.05) is 12.1 Å². The summed E-state index contributed by atoms with van der Waals surface area (Å²) in [6.45, 7) is 8.98. The smallest absolute Gasteiger partial charge is 0.122 e. The van der Waals surface area contributed by atoms with Gasteiger partial charge in [-0.15, -0.1) is 0 Å². The van der Waals surface area contributed by atoms with E-state index in [0.717, 1.165) is 24.3 Å². The predicted molar refractivity (Wildman–Crippen MR) is 87.9 cm³/mol. The topological polar surface area (TPSA) is 50.4 Å². The largest absolute Gasteiger partial charge is 0.496 e. The fourth-order valence-corrected chi connectivity index (χ4v) is 3.54. The van der Waals surface area contributed by atoms with Crippen LogP contribution < -0.4 is 14.8 Å². The van der Waals surface area contributed by atoms with Crippen LogP contribution in [0, 0.1) is 6.92 Å². The fraction of sp³-hybridized carbons (Fsp3) is 0.625. The Balaban J connectivity index is 2.21. The highest BCUT2D eigenvalue weighted by molar-refractivity contribution is 7.84. The van der Waals surface area contributed by atoms with Crippen LogP contribution in [0.1, 0.15) is 44.4 Å². The molecule has 0 radical (unpaired) electrons. The molecule has 1 unspecified atom stereocenters. The Labute approximate surface area is 130 Å². The van der Waals surface area contributed by atoms with Crippen LogP contribution in [0.4, 0.5) is 0 Å². The Bertz CT molecular complexity index is 525. The maximum absolute atomic E-state index is 12.4. The monoisotopic (exact) mass is 310 g/mol. The molecule has 0 saturated carbocycles. The zero-order valence-electron chi connectivity index (χ0n) is 13.5. The highest BCUT2D eigenvalue weighted by atomic mass is 32.2. The van der Waals surface area contributed by atoms with Gasteiger partial charge in [0, 0.05) is 12.1 Å². The van der Waals surface area contributed by atoms with Gasteiger partial charge < -0.3 is 10.1 Å². The average Bonchev–Trinajstić information content (AvgIpc) is 2.86. The first kappa shape index (κ1) is 16.5. The minimum absolute atomic E-state index is 0.173. The van der Waals surface area contributed by atoms with E-state index >= 15 is 0 Å². The Hall–Kier alpha value is -0.910. The van der Waals surface area contributed by atoms with E-state index in [0.29, 0.717) is 0 Å². The molecule has 0 aliphatic carbocycles. The van der Waals surface area contributed by atoms with E-state index in [4.69, 9.17) is 4.74 Å². The molecular formula is C16H26N2O2S. The molecule has 1 heterocycles. The van der Waals surface area contributed by atoms with Gasteiger partial charge in [0.1, 0.15) is 5.75 Å². The van der Waals surface area contributed by atoms with Crippen molar-refractivity contribution in [3.05, 3.63) is 29.3 Å². The summed E-state index contributed by atoms with van der Waals surface area (Å²) < 4.78 is 20.8. The van der Waals surface area contributed by atoms with Crippen LogP contribution in [0.2, 0.25) is 0 Å². The van der Waals surface area contributed by atoms with Gasteiger partial charge in [-0.25, -0.2) is 8.93 Å². The van der Waals surface area contributed by atoms with Crippen molar-refractivity contribution in [2.45, 2.75) is 50.9 Å². The van der Waals surface area contributed by atoms with E-state index in [1.165, 1.54) is 5.56 Å². The Kier molecular flexibility index (Phi) is 5.07. The van der Waals surface area contributed by atoms with Crippen LogP contribution in [-0.2, 0) is 11.0 Å². The van der Waals surface area contributed by atoms with Gasteiger partial charge in [0.15, 0.2) is 0 Å². The van der Waals surface area contributed by atoms with Gasteiger partial charge in [-0.05, 0) is 57.9 Å². The molecule has 2 N–H and O–H groups in total. The third kappa shape index (κ3) is 3.65. The summed E-state index contributed by atoms with van der Waals surface area (Å²) in [4.78, 5) is 0. The van der Waals surface area contributed by atoms with Crippen LogP contribution in [0.3, 0.4) is 0 Å². The van der Waals surface area contributed by atoms with E-state index < -0.39 is 11.0 Å². The first-order chi connectivity index (χ1) is 9.84. The lowest BCUT2D eigenvalue weighted by Gasteiger charge is -2.26. The minimum atomic E-state index is -1.06. The van der Waals surface area contributed by atoms with Crippen LogP contribution in [-0.4, -0.2) is 28.7 Å². The van der Waals surface area contributed by atoms with E-state index in [-0.39, 0.29) is 16.8 Å². The lowest BCUT2D eigenvalue weighted by molar-refractivity contribution is 0.409. The maximum atomic E-state index is 12.4. The molecule has 2 rings (SSSR count). The number of rotatable bonds is 4. The summed E-state index contributed by atoms with van der Waals surface area (Å²) >= 11 is 0. The van der Waals surface area contributed by atoms with Crippen molar-refractivity contribution in [3.8, 4) is 5.75 Å². The second-order valence-electron chi connectivity index (χ2n) is 6.50. The van der Waals surface area contributed by atoms with Crippen molar-refractivity contribution in [2.24, 2.45) is 0 Å². The number of benzene rings is 1. The average molecular weight is 310 g/mol. The van der Waals surface area contributed by atoms with Gasteiger partial charge in [0.05, 0.1) is 22.8 Å². The number of methoxy groups -OCH3 is 1. The van der Waals surface area contributed by atoms with Crippen molar-refractivity contribution in [1.82, 2.24) is 10.0 Å². The van der Waals surface area contributed by atoms with Gasteiger partial charge >= 0.3 is 0 Å². The zero-order chi connectivity index (χ0) is 15.6. The van der Waals surface area contributed by atoms with Crippen LogP contribution >= 0.6 is 0 Å². The molecule has 0 bridgehead atoms. The SMILES string of the molecule is COc1cccc([C@H]2NCC[C@H]2NS(=O)C(C)(C)C)c1C. The van der Waals surface area contributed by atoms with E-state index in [9.17, 15) is 4.21 Å². The molecule has 1 aromatic carbocycles. The molecule has 1 saturated heterocycles. The predicted octanol–water partition coefficient (Wildman–Crippen LogP) is 2.46. The minimum Gasteiger partial charge on any atom is -0.496 e. The van der Waals surface area contributed by atoms with Gasteiger partial charge in [0.2, 0.25) is 0 Å². The van der Waals surface area contributed by atoms with Crippen molar-refractivity contribution in [3.63, 3.8) is 0 Å². The first-order valence-electron chi connectivity index (χ1n) is 7.39. The molecule has 0 aromatic heterocycles. The summed E-state index contributed by atoms with van der Waals surface area (Å²) in [5, 5.41) is 3.52. The standard InChI is InChI=1S/C16H26N2O2S/c1-11-12(7-6-8-14(11)20-5)15-13(9-10-17-15)18-21(19)16(2,3)4/h6-8,13,15,17-18H,9-10H2,1-5H3/t13-,15-,21?/m1/s1. The molecule has 1 aliphatic heterocycles. The molecule has 5 heteroatoms. The number of nitrogens with one attached hydrogen (secondary N) is 2. The number of hydrogen-bond acceptors (Lipinski definition) is 3. The molecule has 3 atom stereocenters. The number of hydrogen-bond donors (Lipinski definition) is 2. The first-order valence-corrected chi connectivity index (χ1v) is 8.54. The Morgan fingerprint density at radius 1 is 1.38 bits per heavy atom. The molecule has 118 valence electrons. The molecule has 0 amide bonds. The van der Waals surface area contributed by atoms with Crippen molar-refractivity contribution >= 4 is 11.0 Å². The quantitative estimate of drug-likeness (QED) is 0.898. The fourth-order valence-electron chi connectivity index (χ4n) is 2.66. The molecule has 1 fully saturated rings. The Morgan fingerprint density at radius 2 is 2.10 bits per heavy atom. The molecule has 1 aromatic rings. The lowest BCUT2D eigenvalue weighted by atomic mass is 9.96. The molecule has 0 spiro atoms. The Morgan fingerprint density at radius 3 is 2.71 bits per heavy atom. The third-order valence-corrected chi connectivity index (χ3v) is 5.55. The molecule has 4 nitrogen and oxygen atoms in total. The third-order valence-electron chi connectivity index (χ3n) is 3.92. The van der Waals surface area contributed by atoms with Crippen LogP contribution in [0.15, 0.2) is 18.2 Å². The van der Waals surface area contributed by atoms with E-state index in [1.54, 1.807) is 7.11 Å². The highest BCUT2D eigenvalue weighted by Gasteiger charge is 2.33. The van der Waals surface area contributed by atoms with Crippen molar-refractivity contribution in [1.29, 1.82) is 0 Å². The summed E-state index contributed by atoms with van der Waals surface area (Å²) in [6.07, 6.45) is 0.975. The highest BCUT2D eigenvalue weighted by Crippen LogP contribution is 2.31. The van der Waals surface area contributed by atoms with Crippen LogP contribution in [0.5, 0.6) is 5.75 Å². The van der Waals surface area contributed by atoms with Crippen LogP contribution in [0.25, 0.3) is 0 Å². The summed E-state index contributed by atoms with van der Waals surface area (Å²) in [5.74, 6) is 0.900. The zero-order valence-corrected chi connectivity index (χ0v) is 14.3. The molecular weight excluding hydrogens is 284 g/mol. The van der Waals surface area contributed by atoms with Gasteiger partial charge in [-0.3, -0.25) is 0 Å². The second-order valence-corrected chi connectivity index (χ2v) is 8.50. The van der Waals surface area contributed by atoms with E-state index in [1.807, 2.05) is 32.9 Å². The molecule has 1 aliphatic rings. The summed E-state index contributed by atoms with van der Waals surface area (Å²) in [5.41, 5.74) is 2.36. The number of ether oxygens (including phenoxy) is 1. The summed E-state index contributed by atoms with van der Waals surface area (Å²) in [7, 11) is 0.636. The summed E-state index contributed by atoms with van der Waals surface area (Å²) in [6, 6.07) is 6.46. The maximum Gasteiger partial charge on any atom is 0.122 e. The van der Waals surface area contributed by atoms with Gasteiger partial charge in [-0.2, -0.15) is 0 Å². The lowest BCUT2D eigenvalue weighted by Crippen LogP contribution is -2.42. The normalized spacial score (nSPS) is 24.0. The van der Waals surface area contributed by atoms with Crippen molar-refractivity contribution < 1.29 is 8.95 Å². The van der Waals surface area contributed by atoms with Gasteiger partial charge in [0.25, 0.3) is 0 Å². The van der Waals surface area contributed by atoms with Crippen molar-refractivity contribution in [2.75, 3.05) is 13.7 Å². The second kappa shape index (κ2) is 6.46. The van der Waals surface area contributed by atoms with E-state index in [2.05, 4.69) is 23.0 Å².